The molecule has 5 heteroatoms. The second-order valence-electron chi connectivity index (χ2n) is 6.35. The Bertz CT molecular complexity index is 892. The van der Waals surface area contributed by atoms with Crippen LogP contribution in [0.25, 0.3) is 0 Å². The van der Waals surface area contributed by atoms with E-state index in [9.17, 15) is 4.79 Å². The van der Waals surface area contributed by atoms with Crippen LogP contribution in [-0.4, -0.2) is 16.1 Å². The van der Waals surface area contributed by atoms with Gasteiger partial charge in [0.15, 0.2) is 5.69 Å². The minimum Gasteiger partial charge on any atom is -0.362 e. The molecule has 0 radical (unpaired) electrons. The maximum atomic E-state index is 12.4. The molecule has 1 heterocycles. The van der Waals surface area contributed by atoms with Gasteiger partial charge in [0.1, 0.15) is 5.82 Å². The van der Waals surface area contributed by atoms with Gasteiger partial charge in [0, 0.05) is 11.7 Å². The van der Waals surface area contributed by atoms with Crippen molar-refractivity contribution in [1.82, 2.24) is 10.2 Å². The average Bonchev–Trinajstić information content (AvgIpc) is 2.66. The highest BCUT2D eigenvalue weighted by atomic mass is 16.1. The molecule has 2 aromatic carbocycles. The first kappa shape index (κ1) is 17.6. The monoisotopic (exact) mass is 346 g/mol. The van der Waals surface area contributed by atoms with Gasteiger partial charge in [0.2, 0.25) is 0 Å². The molecule has 1 aromatic heterocycles. The summed E-state index contributed by atoms with van der Waals surface area (Å²) in [7, 11) is 0. The lowest BCUT2D eigenvalue weighted by molar-refractivity contribution is 0.102. The molecule has 0 saturated heterocycles. The van der Waals surface area contributed by atoms with Crippen molar-refractivity contribution in [2.45, 2.75) is 26.8 Å². The van der Waals surface area contributed by atoms with Gasteiger partial charge in [-0.15, -0.1) is 10.2 Å². The van der Waals surface area contributed by atoms with Crippen molar-refractivity contribution in [1.29, 1.82) is 0 Å². The van der Waals surface area contributed by atoms with E-state index in [-0.39, 0.29) is 17.6 Å². The second-order valence-corrected chi connectivity index (χ2v) is 6.35. The number of anilines is 2. The van der Waals surface area contributed by atoms with Crippen LogP contribution in [-0.2, 0) is 0 Å². The summed E-state index contributed by atoms with van der Waals surface area (Å²) in [5, 5.41) is 14.4. The van der Waals surface area contributed by atoms with E-state index in [1.807, 2.05) is 50.2 Å². The van der Waals surface area contributed by atoms with Crippen molar-refractivity contribution >= 4 is 17.4 Å². The summed E-state index contributed by atoms with van der Waals surface area (Å²) in [4.78, 5) is 12.4. The van der Waals surface area contributed by atoms with Crippen LogP contribution < -0.4 is 10.6 Å². The highest BCUT2D eigenvalue weighted by molar-refractivity contribution is 6.03. The van der Waals surface area contributed by atoms with Gasteiger partial charge in [-0.2, -0.15) is 0 Å². The topological polar surface area (TPSA) is 66.9 Å². The molecule has 3 aromatic rings. The molecule has 26 heavy (non-hydrogen) atoms. The number of carbonyl (C=O) groups is 1. The van der Waals surface area contributed by atoms with E-state index in [0.717, 1.165) is 22.4 Å². The number of hydrogen-bond acceptors (Lipinski definition) is 4. The fourth-order valence-corrected chi connectivity index (χ4v) is 2.63. The van der Waals surface area contributed by atoms with Crippen LogP contribution in [0.4, 0.5) is 11.5 Å². The Balaban J connectivity index is 1.67. The van der Waals surface area contributed by atoms with Crippen molar-refractivity contribution in [3.8, 4) is 0 Å². The second kappa shape index (κ2) is 7.78. The summed E-state index contributed by atoms with van der Waals surface area (Å²) in [6, 6.07) is 19.6. The molecule has 0 spiro atoms. The summed E-state index contributed by atoms with van der Waals surface area (Å²) in [6.45, 7) is 6.00. The molecular weight excluding hydrogens is 324 g/mol. The van der Waals surface area contributed by atoms with Crippen molar-refractivity contribution in [2.75, 3.05) is 10.6 Å². The molecule has 0 bridgehead atoms. The molecule has 132 valence electrons. The number of rotatable bonds is 5. The number of amides is 1. The summed E-state index contributed by atoms with van der Waals surface area (Å²) in [5.41, 5.74) is 4.32. The molecule has 0 aliphatic heterocycles. The smallest absolute Gasteiger partial charge is 0.276 e. The number of nitrogens with one attached hydrogen (secondary N) is 2. The van der Waals surface area contributed by atoms with Gasteiger partial charge in [-0.05, 0) is 55.7 Å². The number of aryl methyl sites for hydroxylation is 2. The Hall–Kier alpha value is -3.21. The van der Waals surface area contributed by atoms with Gasteiger partial charge in [-0.3, -0.25) is 4.79 Å². The lowest BCUT2D eigenvalue weighted by atomic mass is 10.1. The SMILES string of the molecule is Cc1ccc(C)c(NC(=O)c2ccc(NC(C)c3ccccc3)nn2)c1. The first-order valence-corrected chi connectivity index (χ1v) is 8.57. The van der Waals surface area contributed by atoms with E-state index in [0.29, 0.717) is 5.82 Å². The van der Waals surface area contributed by atoms with Crippen LogP contribution >= 0.6 is 0 Å². The first-order chi connectivity index (χ1) is 12.5. The number of aromatic nitrogens is 2. The van der Waals surface area contributed by atoms with Gasteiger partial charge in [-0.25, -0.2) is 0 Å². The molecule has 0 saturated carbocycles. The lowest BCUT2D eigenvalue weighted by Gasteiger charge is -2.14. The summed E-state index contributed by atoms with van der Waals surface area (Å²) in [5.74, 6) is 0.360. The molecule has 1 atom stereocenters. The number of benzene rings is 2. The van der Waals surface area contributed by atoms with Crippen LogP contribution in [0, 0.1) is 13.8 Å². The highest BCUT2D eigenvalue weighted by Gasteiger charge is 2.11. The van der Waals surface area contributed by atoms with Crippen LogP contribution in [0.5, 0.6) is 0 Å². The maximum Gasteiger partial charge on any atom is 0.276 e. The van der Waals surface area contributed by atoms with E-state index in [1.165, 1.54) is 0 Å². The van der Waals surface area contributed by atoms with E-state index >= 15 is 0 Å². The molecular formula is C21H22N4O. The third-order valence-corrected chi connectivity index (χ3v) is 4.20. The largest absolute Gasteiger partial charge is 0.362 e. The van der Waals surface area contributed by atoms with Crippen molar-refractivity contribution in [3.63, 3.8) is 0 Å². The Morgan fingerprint density at radius 2 is 1.73 bits per heavy atom. The zero-order chi connectivity index (χ0) is 18.5. The van der Waals surface area contributed by atoms with Crippen molar-refractivity contribution in [3.05, 3.63) is 83.0 Å². The van der Waals surface area contributed by atoms with E-state index in [2.05, 4.69) is 39.9 Å². The Morgan fingerprint density at radius 3 is 2.42 bits per heavy atom. The fourth-order valence-electron chi connectivity index (χ4n) is 2.63. The molecule has 0 fully saturated rings. The minimum atomic E-state index is -0.270. The first-order valence-electron chi connectivity index (χ1n) is 8.57. The van der Waals surface area contributed by atoms with Gasteiger partial charge < -0.3 is 10.6 Å². The summed E-state index contributed by atoms with van der Waals surface area (Å²) in [6.07, 6.45) is 0. The Labute approximate surface area is 153 Å². The lowest BCUT2D eigenvalue weighted by Crippen LogP contribution is -2.16. The molecule has 5 nitrogen and oxygen atoms in total. The molecule has 1 amide bonds. The normalized spacial score (nSPS) is 11.7. The quantitative estimate of drug-likeness (QED) is 0.713. The molecule has 3 rings (SSSR count). The minimum absolute atomic E-state index is 0.0973. The number of carbonyl (C=O) groups excluding carboxylic acids is 1. The maximum absolute atomic E-state index is 12.4. The van der Waals surface area contributed by atoms with Gasteiger partial charge in [-0.1, -0.05) is 42.5 Å². The number of hydrogen-bond donors (Lipinski definition) is 2. The van der Waals surface area contributed by atoms with Crippen LogP contribution in [0.3, 0.4) is 0 Å². The van der Waals surface area contributed by atoms with Crippen molar-refractivity contribution < 1.29 is 4.79 Å². The Kier molecular flexibility index (Phi) is 5.27. The zero-order valence-electron chi connectivity index (χ0n) is 15.2. The van der Waals surface area contributed by atoms with E-state index in [4.69, 9.17) is 0 Å². The van der Waals surface area contributed by atoms with Gasteiger partial charge >= 0.3 is 0 Å². The zero-order valence-corrected chi connectivity index (χ0v) is 15.2. The predicted octanol–water partition coefficient (Wildman–Crippen LogP) is 4.52. The number of nitrogens with zero attached hydrogens (tertiary/aromatic N) is 2. The van der Waals surface area contributed by atoms with E-state index in [1.54, 1.807) is 12.1 Å². The molecule has 2 N–H and O–H groups in total. The van der Waals surface area contributed by atoms with Crippen LogP contribution in [0.15, 0.2) is 60.7 Å². The third kappa shape index (κ3) is 4.25. The van der Waals surface area contributed by atoms with Crippen LogP contribution in [0.2, 0.25) is 0 Å². The highest BCUT2D eigenvalue weighted by Crippen LogP contribution is 2.19. The molecule has 1 unspecified atom stereocenters. The fraction of sp³-hybridized carbons (Fsp3) is 0.190. The van der Waals surface area contributed by atoms with Gasteiger partial charge in [0.25, 0.3) is 5.91 Å². The van der Waals surface area contributed by atoms with Crippen molar-refractivity contribution in [2.24, 2.45) is 0 Å². The van der Waals surface area contributed by atoms with Crippen LogP contribution in [0.1, 0.15) is 40.1 Å². The summed E-state index contributed by atoms with van der Waals surface area (Å²) >= 11 is 0. The predicted molar refractivity (Wildman–Crippen MR) is 104 cm³/mol. The third-order valence-electron chi connectivity index (χ3n) is 4.20. The Morgan fingerprint density at radius 1 is 0.962 bits per heavy atom. The van der Waals surface area contributed by atoms with Gasteiger partial charge in [0.05, 0.1) is 0 Å². The van der Waals surface area contributed by atoms with E-state index < -0.39 is 0 Å². The molecule has 0 aliphatic rings. The standard InChI is InChI=1S/C21H22N4O/c1-14-9-10-15(2)19(13-14)23-21(26)18-11-12-20(25-24-18)22-16(3)17-7-5-4-6-8-17/h4-13,16H,1-3H3,(H,22,25)(H,23,26). The summed E-state index contributed by atoms with van der Waals surface area (Å²) < 4.78 is 0. The average molecular weight is 346 g/mol. The molecule has 0 aliphatic carbocycles.